The van der Waals surface area contributed by atoms with Crippen LogP contribution < -0.4 is 5.73 Å². The van der Waals surface area contributed by atoms with E-state index in [1.165, 1.54) is 0 Å². The molecule has 3 heteroatoms. The van der Waals surface area contributed by atoms with Crippen molar-refractivity contribution in [1.29, 1.82) is 0 Å². The number of rotatable bonds is 2. The molecule has 0 saturated carbocycles. The second kappa shape index (κ2) is 4.03. The Balaban J connectivity index is 2.17. The van der Waals surface area contributed by atoms with E-state index in [-0.39, 0.29) is 6.04 Å². The summed E-state index contributed by atoms with van der Waals surface area (Å²) in [5.74, 6) is 0.753. The van der Waals surface area contributed by atoms with Gasteiger partial charge in [0.05, 0.1) is 17.8 Å². The van der Waals surface area contributed by atoms with E-state index in [9.17, 15) is 0 Å². The van der Waals surface area contributed by atoms with Gasteiger partial charge < -0.3 is 10.2 Å². The van der Waals surface area contributed by atoms with Gasteiger partial charge in [0, 0.05) is 17.1 Å². The Hall–Kier alpha value is -2.13. The van der Waals surface area contributed by atoms with Crippen molar-refractivity contribution in [2.75, 3.05) is 0 Å². The van der Waals surface area contributed by atoms with Crippen LogP contribution >= 0.6 is 0 Å². The summed E-state index contributed by atoms with van der Waals surface area (Å²) in [6, 6.07) is 13.4. The van der Waals surface area contributed by atoms with Crippen LogP contribution in [0, 0.1) is 0 Å². The van der Waals surface area contributed by atoms with Gasteiger partial charge >= 0.3 is 0 Å². The Morgan fingerprint density at radius 3 is 2.76 bits per heavy atom. The molecule has 0 saturated heterocycles. The van der Waals surface area contributed by atoms with E-state index in [4.69, 9.17) is 10.2 Å². The van der Waals surface area contributed by atoms with Crippen LogP contribution in [0.1, 0.15) is 17.4 Å². The molecule has 2 heterocycles. The lowest BCUT2D eigenvalue weighted by atomic mass is 10.0. The van der Waals surface area contributed by atoms with E-state index >= 15 is 0 Å². The molecule has 2 N–H and O–H groups in total. The number of fused-ring (bicyclic) bond motifs is 1. The largest absolute Gasteiger partial charge is 0.467 e. The summed E-state index contributed by atoms with van der Waals surface area (Å²) in [7, 11) is 0. The van der Waals surface area contributed by atoms with Crippen LogP contribution in [0.4, 0.5) is 0 Å². The molecule has 1 atom stereocenters. The van der Waals surface area contributed by atoms with Crippen molar-refractivity contribution < 1.29 is 4.42 Å². The summed E-state index contributed by atoms with van der Waals surface area (Å²) in [4.78, 5) is 4.39. The van der Waals surface area contributed by atoms with Gasteiger partial charge in [-0.2, -0.15) is 0 Å². The summed E-state index contributed by atoms with van der Waals surface area (Å²) in [6.45, 7) is 0. The molecule has 0 bridgehead atoms. The molecule has 1 aromatic carbocycles. The van der Waals surface area contributed by atoms with Gasteiger partial charge in [0.1, 0.15) is 5.76 Å². The van der Waals surface area contributed by atoms with Crippen LogP contribution in [-0.4, -0.2) is 4.98 Å². The molecule has 0 aliphatic rings. The van der Waals surface area contributed by atoms with E-state index in [2.05, 4.69) is 4.98 Å². The molecular formula is C14H12N2O. The van der Waals surface area contributed by atoms with E-state index in [0.717, 1.165) is 22.2 Å². The molecule has 0 radical (unpaired) electrons. The van der Waals surface area contributed by atoms with Gasteiger partial charge in [0.2, 0.25) is 0 Å². The lowest BCUT2D eigenvalue weighted by Crippen LogP contribution is -2.11. The fourth-order valence-corrected chi connectivity index (χ4v) is 2.00. The highest BCUT2D eigenvalue weighted by Crippen LogP contribution is 2.25. The Labute approximate surface area is 98.9 Å². The standard InChI is InChI=1S/C14H12N2O/c15-13(12-7-3-9-17-12)11-6-1-4-10-5-2-8-16-14(10)11/h1-9,13H,15H2. The highest BCUT2D eigenvalue weighted by atomic mass is 16.3. The van der Waals surface area contributed by atoms with Gasteiger partial charge in [0.15, 0.2) is 0 Å². The zero-order valence-electron chi connectivity index (χ0n) is 9.21. The SMILES string of the molecule is NC(c1ccco1)c1cccc2cccnc12. The summed E-state index contributed by atoms with van der Waals surface area (Å²) < 4.78 is 5.35. The van der Waals surface area contributed by atoms with Gasteiger partial charge in [-0.05, 0) is 18.2 Å². The lowest BCUT2D eigenvalue weighted by molar-refractivity contribution is 0.490. The summed E-state index contributed by atoms with van der Waals surface area (Å²) in [6.07, 6.45) is 3.41. The highest BCUT2D eigenvalue weighted by Gasteiger charge is 2.14. The summed E-state index contributed by atoms with van der Waals surface area (Å²) in [5.41, 5.74) is 8.11. The Morgan fingerprint density at radius 1 is 1.06 bits per heavy atom. The smallest absolute Gasteiger partial charge is 0.125 e. The predicted molar refractivity (Wildman–Crippen MR) is 66.5 cm³/mol. The van der Waals surface area contributed by atoms with Crippen LogP contribution in [0.25, 0.3) is 10.9 Å². The first-order valence-corrected chi connectivity index (χ1v) is 5.49. The zero-order chi connectivity index (χ0) is 11.7. The second-order valence-corrected chi connectivity index (χ2v) is 3.92. The van der Waals surface area contributed by atoms with Crippen molar-refractivity contribution in [3.63, 3.8) is 0 Å². The summed E-state index contributed by atoms with van der Waals surface area (Å²) in [5, 5.41) is 1.09. The molecular weight excluding hydrogens is 212 g/mol. The Bertz CT molecular complexity index is 626. The van der Waals surface area contributed by atoms with Crippen LogP contribution in [-0.2, 0) is 0 Å². The van der Waals surface area contributed by atoms with Crippen molar-refractivity contribution in [3.8, 4) is 0 Å². The lowest BCUT2D eigenvalue weighted by Gasteiger charge is -2.11. The molecule has 0 spiro atoms. The highest BCUT2D eigenvalue weighted by molar-refractivity contribution is 5.82. The molecule has 3 rings (SSSR count). The van der Waals surface area contributed by atoms with Gasteiger partial charge in [-0.25, -0.2) is 0 Å². The van der Waals surface area contributed by atoms with Crippen LogP contribution in [0.3, 0.4) is 0 Å². The van der Waals surface area contributed by atoms with Crippen molar-refractivity contribution in [1.82, 2.24) is 4.98 Å². The van der Waals surface area contributed by atoms with Gasteiger partial charge in [-0.15, -0.1) is 0 Å². The van der Waals surface area contributed by atoms with Crippen LogP contribution in [0.15, 0.2) is 59.3 Å². The molecule has 0 aliphatic carbocycles. The first kappa shape index (κ1) is 10.1. The minimum Gasteiger partial charge on any atom is -0.467 e. The number of para-hydroxylation sites is 1. The second-order valence-electron chi connectivity index (χ2n) is 3.92. The number of aromatic nitrogens is 1. The number of nitrogens with zero attached hydrogens (tertiary/aromatic N) is 1. The number of hydrogen-bond acceptors (Lipinski definition) is 3. The number of furan rings is 1. The van der Waals surface area contributed by atoms with Crippen LogP contribution in [0.2, 0.25) is 0 Å². The molecule has 84 valence electrons. The topological polar surface area (TPSA) is 52.0 Å². The molecule has 3 nitrogen and oxygen atoms in total. The number of nitrogens with two attached hydrogens (primary N) is 1. The zero-order valence-corrected chi connectivity index (χ0v) is 9.21. The summed E-state index contributed by atoms with van der Waals surface area (Å²) >= 11 is 0. The monoisotopic (exact) mass is 224 g/mol. The average Bonchev–Trinajstić information content (AvgIpc) is 2.91. The van der Waals surface area contributed by atoms with Crippen molar-refractivity contribution >= 4 is 10.9 Å². The maximum Gasteiger partial charge on any atom is 0.125 e. The van der Waals surface area contributed by atoms with E-state index in [1.54, 1.807) is 12.5 Å². The predicted octanol–water partition coefficient (Wildman–Crippen LogP) is 2.88. The molecule has 0 fully saturated rings. The normalized spacial score (nSPS) is 12.8. The molecule has 17 heavy (non-hydrogen) atoms. The van der Waals surface area contributed by atoms with E-state index in [0.29, 0.717) is 0 Å². The third-order valence-electron chi connectivity index (χ3n) is 2.85. The minimum atomic E-state index is -0.274. The first-order chi connectivity index (χ1) is 8.36. The molecule has 2 aromatic heterocycles. The Morgan fingerprint density at radius 2 is 1.94 bits per heavy atom. The van der Waals surface area contributed by atoms with Crippen molar-refractivity contribution in [2.45, 2.75) is 6.04 Å². The van der Waals surface area contributed by atoms with Gasteiger partial charge in [-0.1, -0.05) is 24.3 Å². The fourth-order valence-electron chi connectivity index (χ4n) is 2.00. The fraction of sp³-hybridized carbons (Fsp3) is 0.0714. The maximum atomic E-state index is 6.19. The number of benzene rings is 1. The van der Waals surface area contributed by atoms with Crippen LogP contribution in [0.5, 0.6) is 0 Å². The van der Waals surface area contributed by atoms with E-state index in [1.807, 2.05) is 42.5 Å². The van der Waals surface area contributed by atoms with Crippen molar-refractivity contribution in [3.05, 3.63) is 66.2 Å². The van der Waals surface area contributed by atoms with Gasteiger partial charge in [-0.3, -0.25) is 4.98 Å². The third kappa shape index (κ3) is 1.70. The third-order valence-corrected chi connectivity index (χ3v) is 2.85. The van der Waals surface area contributed by atoms with Gasteiger partial charge in [0.25, 0.3) is 0 Å². The average molecular weight is 224 g/mol. The van der Waals surface area contributed by atoms with Crippen molar-refractivity contribution in [2.24, 2.45) is 5.73 Å². The first-order valence-electron chi connectivity index (χ1n) is 5.49. The van der Waals surface area contributed by atoms with E-state index < -0.39 is 0 Å². The number of hydrogen-bond donors (Lipinski definition) is 1. The molecule has 1 unspecified atom stereocenters. The minimum absolute atomic E-state index is 0.274. The number of pyridine rings is 1. The molecule has 0 aliphatic heterocycles. The quantitative estimate of drug-likeness (QED) is 0.728. The Kier molecular flexibility index (Phi) is 2.38. The molecule has 0 amide bonds. The molecule has 3 aromatic rings. The maximum absolute atomic E-state index is 6.19.